The van der Waals surface area contributed by atoms with Gasteiger partial charge < -0.3 is 15.6 Å². The van der Waals surface area contributed by atoms with Gasteiger partial charge in [0.25, 0.3) is 0 Å². The lowest BCUT2D eigenvalue weighted by Crippen LogP contribution is -2.24. The second-order valence-electron chi connectivity index (χ2n) is 3.96. The van der Waals surface area contributed by atoms with Gasteiger partial charge in [-0.3, -0.25) is 0 Å². The van der Waals surface area contributed by atoms with Gasteiger partial charge in [0.1, 0.15) is 5.82 Å². The van der Waals surface area contributed by atoms with Gasteiger partial charge in [0, 0.05) is 29.8 Å². The number of aliphatic hydroxyl groups is 1. The van der Waals surface area contributed by atoms with E-state index < -0.39 is 11.9 Å². The fourth-order valence-electron chi connectivity index (χ4n) is 1.57. The number of hydrogen-bond donors (Lipinski definition) is 2. The molecule has 0 bridgehead atoms. The van der Waals surface area contributed by atoms with E-state index in [9.17, 15) is 9.50 Å². The first-order valence-electron chi connectivity index (χ1n) is 5.42. The van der Waals surface area contributed by atoms with Crippen LogP contribution in [0.4, 0.5) is 4.39 Å². The lowest BCUT2D eigenvalue weighted by Gasteiger charge is -2.17. The van der Waals surface area contributed by atoms with E-state index in [0.717, 1.165) is 4.47 Å². The highest BCUT2D eigenvalue weighted by atomic mass is 79.9. The molecule has 0 spiro atoms. The van der Waals surface area contributed by atoms with Crippen molar-refractivity contribution in [3.8, 4) is 0 Å². The molecule has 5 heteroatoms. The van der Waals surface area contributed by atoms with E-state index in [-0.39, 0.29) is 11.6 Å². The highest BCUT2D eigenvalue weighted by molar-refractivity contribution is 9.10. The summed E-state index contributed by atoms with van der Waals surface area (Å²) in [7, 11) is 1.59. The summed E-state index contributed by atoms with van der Waals surface area (Å²) in [5.74, 6) is -0.417. The first kappa shape index (κ1) is 14.6. The van der Waals surface area contributed by atoms with Crippen LogP contribution >= 0.6 is 15.9 Å². The molecule has 0 saturated carbocycles. The molecule has 1 aromatic rings. The number of aliphatic hydroxyl groups excluding tert-OH is 1. The van der Waals surface area contributed by atoms with Crippen LogP contribution < -0.4 is 5.73 Å². The standard InChI is InChI=1S/C12H17BrFNO2/c1-17-5-4-9(15)7-12(16)10-6-8(13)2-3-11(10)14/h2-3,6,9,12,16H,4-5,7,15H2,1H3. The molecule has 1 rings (SSSR count). The van der Waals surface area contributed by atoms with Gasteiger partial charge in [-0.2, -0.15) is 0 Å². The Hall–Kier alpha value is -0.490. The number of nitrogens with two attached hydrogens (primary N) is 1. The fourth-order valence-corrected chi connectivity index (χ4v) is 1.95. The number of rotatable bonds is 6. The van der Waals surface area contributed by atoms with Gasteiger partial charge in [-0.1, -0.05) is 15.9 Å². The van der Waals surface area contributed by atoms with Gasteiger partial charge in [-0.15, -0.1) is 0 Å². The summed E-state index contributed by atoms with van der Waals surface area (Å²) in [5.41, 5.74) is 6.08. The quantitative estimate of drug-likeness (QED) is 0.848. The van der Waals surface area contributed by atoms with Crippen LogP contribution in [0.15, 0.2) is 22.7 Å². The van der Waals surface area contributed by atoms with Crippen LogP contribution in [0, 0.1) is 5.82 Å². The highest BCUT2D eigenvalue weighted by Crippen LogP contribution is 2.25. The average molecular weight is 306 g/mol. The lowest BCUT2D eigenvalue weighted by atomic mass is 10.0. The van der Waals surface area contributed by atoms with Crippen molar-refractivity contribution in [3.05, 3.63) is 34.1 Å². The molecule has 0 aromatic heterocycles. The minimum absolute atomic E-state index is 0.205. The molecule has 0 fully saturated rings. The monoisotopic (exact) mass is 305 g/mol. The van der Waals surface area contributed by atoms with E-state index in [1.165, 1.54) is 6.07 Å². The van der Waals surface area contributed by atoms with Crippen LogP contribution in [-0.4, -0.2) is 24.9 Å². The molecular formula is C12H17BrFNO2. The molecule has 1 aromatic carbocycles. The van der Waals surface area contributed by atoms with E-state index in [1.807, 2.05) is 0 Å². The van der Waals surface area contributed by atoms with E-state index in [0.29, 0.717) is 19.4 Å². The van der Waals surface area contributed by atoms with E-state index in [1.54, 1.807) is 19.2 Å². The Balaban J connectivity index is 2.62. The molecule has 2 atom stereocenters. The molecule has 3 N–H and O–H groups in total. The Kier molecular flexibility index (Phi) is 6.05. The van der Waals surface area contributed by atoms with Crippen LogP contribution in [0.1, 0.15) is 24.5 Å². The van der Waals surface area contributed by atoms with Gasteiger partial charge in [0.05, 0.1) is 6.10 Å². The lowest BCUT2D eigenvalue weighted by molar-refractivity contribution is 0.138. The number of hydrogen-bond acceptors (Lipinski definition) is 3. The topological polar surface area (TPSA) is 55.5 Å². The smallest absolute Gasteiger partial charge is 0.129 e. The predicted molar refractivity (Wildman–Crippen MR) is 68.1 cm³/mol. The Morgan fingerprint density at radius 1 is 1.53 bits per heavy atom. The summed E-state index contributed by atoms with van der Waals surface area (Å²) >= 11 is 3.24. The molecule has 0 radical (unpaired) electrons. The largest absolute Gasteiger partial charge is 0.388 e. The zero-order chi connectivity index (χ0) is 12.8. The second-order valence-corrected chi connectivity index (χ2v) is 4.87. The zero-order valence-corrected chi connectivity index (χ0v) is 11.3. The van der Waals surface area contributed by atoms with Crippen molar-refractivity contribution >= 4 is 15.9 Å². The van der Waals surface area contributed by atoms with Crippen molar-refractivity contribution in [2.75, 3.05) is 13.7 Å². The summed E-state index contributed by atoms with van der Waals surface area (Å²) in [4.78, 5) is 0. The highest BCUT2D eigenvalue weighted by Gasteiger charge is 2.16. The summed E-state index contributed by atoms with van der Waals surface area (Å²) in [5, 5.41) is 9.91. The molecule has 96 valence electrons. The van der Waals surface area contributed by atoms with Gasteiger partial charge >= 0.3 is 0 Å². The maximum atomic E-state index is 13.5. The summed E-state index contributed by atoms with van der Waals surface area (Å²) in [6.45, 7) is 0.537. The van der Waals surface area contributed by atoms with Crippen LogP contribution in [0.2, 0.25) is 0 Å². The maximum Gasteiger partial charge on any atom is 0.129 e. The minimum atomic E-state index is -0.889. The molecule has 3 nitrogen and oxygen atoms in total. The molecule has 0 amide bonds. The van der Waals surface area contributed by atoms with Crippen molar-refractivity contribution in [1.29, 1.82) is 0 Å². The summed E-state index contributed by atoms with van der Waals surface area (Å²) < 4.78 is 19.1. The molecular weight excluding hydrogens is 289 g/mol. The van der Waals surface area contributed by atoms with Crippen molar-refractivity contribution < 1.29 is 14.2 Å². The molecule has 2 unspecified atom stereocenters. The van der Waals surface area contributed by atoms with Gasteiger partial charge in [-0.25, -0.2) is 4.39 Å². The van der Waals surface area contributed by atoms with Crippen LogP contribution in [-0.2, 0) is 4.74 Å². The number of ether oxygens (including phenoxy) is 1. The predicted octanol–water partition coefficient (Wildman–Crippen LogP) is 2.38. The van der Waals surface area contributed by atoms with Gasteiger partial charge in [0.2, 0.25) is 0 Å². The number of benzene rings is 1. The Morgan fingerprint density at radius 3 is 2.88 bits per heavy atom. The van der Waals surface area contributed by atoms with Gasteiger partial charge in [-0.05, 0) is 31.0 Å². The minimum Gasteiger partial charge on any atom is -0.388 e. The van der Waals surface area contributed by atoms with Crippen LogP contribution in [0.3, 0.4) is 0 Å². The summed E-state index contributed by atoms with van der Waals surface area (Å²) in [6.07, 6.45) is 0.0688. The third-order valence-electron chi connectivity index (χ3n) is 2.54. The Bertz CT molecular complexity index is 362. The van der Waals surface area contributed by atoms with E-state index in [4.69, 9.17) is 10.5 Å². The SMILES string of the molecule is COCCC(N)CC(O)c1cc(Br)ccc1F. The first-order chi connectivity index (χ1) is 8.04. The van der Waals surface area contributed by atoms with Crippen LogP contribution in [0.5, 0.6) is 0 Å². The molecule has 0 saturated heterocycles. The normalized spacial score (nSPS) is 14.6. The number of halogens is 2. The molecule has 17 heavy (non-hydrogen) atoms. The van der Waals surface area contributed by atoms with E-state index in [2.05, 4.69) is 15.9 Å². The van der Waals surface area contributed by atoms with Crippen molar-refractivity contribution in [2.24, 2.45) is 5.73 Å². The third-order valence-corrected chi connectivity index (χ3v) is 3.03. The Morgan fingerprint density at radius 2 is 2.24 bits per heavy atom. The molecule has 0 heterocycles. The number of methoxy groups -OCH3 is 1. The first-order valence-corrected chi connectivity index (χ1v) is 6.21. The van der Waals surface area contributed by atoms with Gasteiger partial charge in [0.15, 0.2) is 0 Å². The van der Waals surface area contributed by atoms with Crippen molar-refractivity contribution in [1.82, 2.24) is 0 Å². The van der Waals surface area contributed by atoms with Crippen molar-refractivity contribution in [3.63, 3.8) is 0 Å². The molecule has 0 aliphatic rings. The molecule has 0 aliphatic carbocycles. The second kappa shape index (κ2) is 7.06. The average Bonchev–Trinajstić information content (AvgIpc) is 2.29. The third kappa shape index (κ3) is 4.71. The summed E-state index contributed by atoms with van der Waals surface area (Å²) in [6, 6.07) is 4.28. The van der Waals surface area contributed by atoms with Crippen LogP contribution in [0.25, 0.3) is 0 Å². The van der Waals surface area contributed by atoms with E-state index >= 15 is 0 Å². The fraction of sp³-hybridized carbons (Fsp3) is 0.500. The maximum absolute atomic E-state index is 13.5. The Labute approximate surface area is 109 Å². The zero-order valence-electron chi connectivity index (χ0n) is 9.70. The molecule has 0 aliphatic heterocycles. The van der Waals surface area contributed by atoms with Crippen molar-refractivity contribution in [2.45, 2.75) is 25.0 Å².